The first-order valence-corrected chi connectivity index (χ1v) is 6.25. The Kier molecular flexibility index (Phi) is 8.37. The topological polar surface area (TPSA) is 55.6 Å². The molecular formula is C14H22ClFN2O2. The Labute approximate surface area is 125 Å². The van der Waals surface area contributed by atoms with Crippen LogP contribution >= 0.6 is 12.4 Å². The lowest BCUT2D eigenvalue weighted by atomic mass is 10.1. The molecule has 1 aromatic rings. The van der Waals surface area contributed by atoms with Gasteiger partial charge in [-0.1, -0.05) is 18.2 Å². The van der Waals surface area contributed by atoms with Gasteiger partial charge in [-0.2, -0.15) is 0 Å². The van der Waals surface area contributed by atoms with Gasteiger partial charge in [0.25, 0.3) is 0 Å². The molecule has 1 unspecified atom stereocenters. The number of benzene rings is 1. The minimum Gasteiger partial charge on any atom is -0.383 e. The van der Waals surface area contributed by atoms with Gasteiger partial charge in [0, 0.05) is 25.3 Å². The first-order chi connectivity index (χ1) is 8.97. The number of hydrogen-bond donors (Lipinski definition) is 1. The van der Waals surface area contributed by atoms with Crippen LogP contribution in [0, 0.1) is 5.82 Å². The molecule has 114 valence electrons. The molecule has 0 bridgehead atoms. The number of hydrogen-bond acceptors (Lipinski definition) is 3. The fourth-order valence-electron chi connectivity index (χ4n) is 1.79. The number of carbonyl (C=O) groups excluding carboxylic acids is 1. The van der Waals surface area contributed by atoms with Crippen molar-refractivity contribution in [3.8, 4) is 0 Å². The molecule has 0 aliphatic rings. The summed E-state index contributed by atoms with van der Waals surface area (Å²) in [7, 11) is 1.49. The third-order valence-corrected chi connectivity index (χ3v) is 2.87. The van der Waals surface area contributed by atoms with Crippen molar-refractivity contribution < 1.29 is 13.9 Å². The third kappa shape index (κ3) is 5.07. The van der Waals surface area contributed by atoms with Gasteiger partial charge >= 0.3 is 0 Å². The summed E-state index contributed by atoms with van der Waals surface area (Å²) in [4.78, 5) is 13.7. The maximum atomic E-state index is 13.6. The van der Waals surface area contributed by atoms with Gasteiger partial charge in [-0.25, -0.2) is 4.39 Å². The highest BCUT2D eigenvalue weighted by atomic mass is 35.5. The van der Waals surface area contributed by atoms with Gasteiger partial charge in [-0.3, -0.25) is 4.79 Å². The zero-order valence-electron chi connectivity index (χ0n) is 12.0. The maximum Gasteiger partial charge on any atom is 0.242 e. The molecule has 4 nitrogen and oxygen atoms in total. The molecule has 0 saturated carbocycles. The average Bonchev–Trinajstić information content (AvgIpc) is 2.37. The van der Waals surface area contributed by atoms with Crippen LogP contribution in [0.5, 0.6) is 0 Å². The van der Waals surface area contributed by atoms with Gasteiger partial charge in [0.15, 0.2) is 0 Å². The van der Waals surface area contributed by atoms with Gasteiger partial charge in [0.05, 0.1) is 6.61 Å². The van der Waals surface area contributed by atoms with Crippen LogP contribution in [0.4, 0.5) is 4.39 Å². The molecule has 0 saturated heterocycles. The second-order valence-electron chi connectivity index (χ2n) is 4.71. The standard InChI is InChI=1S/C14H21FN2O2.ClH/c1-10(2)17(14(18)13(16)9-19-3)8-11-6-4-5-7-12(11)15;/h4-7,10,13H,8-9,16H2,1-3H3;1H. The second kappa shape index (κ2) is 8.89. The molecule has 2 N–H and O–H groups in total. The molecule has 0 spiro atoms. The smallest absolute Gasteiger partial charge is 0.242 e. The Balaban J connectivity index is 0.00000361. The van der Waals surface area contributed by atoms with Crippen molar-refractivity contribution >= 4 is 18.3 Å². The second-order valence-corrected chi connectivity index (χ2v) is 4.71. The molecule has 20 heavy (non-hydrogen) atoms. The molecule has 1 atom stereocenters. The molecule has 6 heteroatoms. The minimum atomic E-state index is -0.723. The highest BCUT2D eigenvalue weighted by Gasteiger charge is 2.24. The van der Waals surface area contributed by atoms with E-state index in [2.05, 4.69) is 0 Å². The predicted octanol–water partition coefficient (Wildman–Crippen LogP) is 1.96. The maximum absolute atomic E-state index is 13.6. The first kappa shape index (κ1) is 18.8. The Bertz CT molecular complexity index is 429. The highest BCUT2D eigenvalue weighted by molar-refractivity contribution is 5.85. The van der Waals surface area contributed by atoms with Crippen molar-refractivity contribution in [2.24, 2.45) is 5.73 Å². The van der Waals surface area contributed by atoms with E-state index in [-0.39, 0.29) is 43.3 Å². The minimum absolute atomic E-state index is 0. The lowest BCUT2D eigenvalue weighted by molar-refractivity contribution is -0.136. The highest BCUT2D eigenvalue weighted by Crippen LogP contribution is 2.13. The number of methoxy groups -OCH3 is 1. The van der Waals surface area contributed by atoms with Crippen molar-refractivity contribution in [3.63, 3.8) is 0 Å². The van der Waals surface area contributed by atoms with Crippen LogP contribution in [0.25, 0.3) is 0 Å². The predicted molar refractivity (Wildman–Crippen MR) is 79.2 cm³/mol. The number of ether oxygens (including phenoxy) is 1. The van der Waals surface area contributed by atoms with E-state index < -0.39 is 6.04 Å². The zero-order valence-corrected chi connectivity index (χ0v) is 12.8. The van der Waals surface area contributed by atoms with Crippen molar-refractivity contribution in [2.75, 3.05) is 13.7 Å². The summed E-state index contributed by atoms with van der Waals surface area (Å²) in [5.74, 6) is -0.554. The lowest BCUT2D eigenvalue weighted by Gasteiger charge is -2.29. The van der Waals surface area contributed by atoms with Crippen LogP contribution in [0.1, 0.15) is 19.4 Å². The number of halogens is 2. The Morgan fingerprint density at radius 3 is 2.50 bits per heavy atom. The van der Waals surface area contributed by atoms with Crippen molar-refractivity contribution in [1.82, 2.24) is 4.90 Å². The van der Waals surface area contributed by atoms with Crippen molar-refractivity contribution in [2.45, 2.75) is 32.5 Å². The Hall–Kier alpha value is -1.17. The van der Waals surface area contributed by atoms with E-state index in [4.69, 9.17) is 10.5 Å². The molecule has 1 amide bonds. The summed E-state index contributed by atoms with van der Waals surface area (Å²) in [6.07, 6.45) is 0. The van der Waals surface area contributed by atoms with Gasteiger partial charge < -0.3 is 15.4 Å². The van der Waals surface area contributed by atoms with Gasteiger partial charge in [0.1, 0.15) is 11.9 Å². The van der Waals surface area contributed by atoms with E-state index in [1.165, 1.54) is 13.2 Å². The van der Waals surface area contributed by atoms with E-state index in [1.54, 1.807) is 23.1 Å². The Morgan fingerprint density at radius 1 is 1.40 bits per heavy atom. The number of rotatable bonds is 6. The molecule has 0 aliphatic carbocycles. The summed E-state index contributed by atoms with van der Waals surface area (Å²) in [6.45, 7) is 4.11. The van der Waals surface area contributed by atoms with E-state index in [0.29, 0.717) is 5.56 Å². The van der Waals surface area contributed by atoms with E-state index in [1.807, 2.05) is 13.8 Å². The van der Waals surface area contributed by atoms with E-state index >= 15 is 0 Å². The van der Waals surface area contributed by atoms with Crippen LogP contribution in [-0.2, 0) is 16.1 Å². The van der Waals surface area contributed by atoms with Crippen LogP contribution in [0.2, 0.25) is 0 Å². The zero-order chi connectivity index (χ0) is 14.4. The Morgan fingerprint density at radius 2 is 2.00 bits per heavy atom. The largest absolute Gasteiger partial charge is 0.383 e. The van der Waals surface area contributed by atoms with Crippen molar-refractivity contribution in [3.05, 3.63) is 35.6 Å². The molecule has 0 radical (unpaired) electrons. The number of carbonyl (C=O) groups is 1. The monoisotopic (exact) mass is 304 g/mol. The van der Waals surface area contributed by atoms with Crippen LogP contribution < -0.4 is 5.73 Å². The number of amides is 1. The third-order valence-electron chi connectivity index (χ3n) is 2.87. The summed E-state index contributed by atoms with van der Waals surface area (Å²) in [5, 5.41) is 0. The van der Waals surface area contributed by atoms with Crippen molar-refractivity contribution in [1.29, 1.82) is 0 Å². The summed E-state index contributed by atoms with van der Waals surface area (Å²) >= 11 is 0. The molecule has 0 aliphatic heterocycles. The van der Waals surface area contributed by atoms with Gasteiger partial charge in [-0.05, 0) is 19.9 Å². The normalized spacial score (nSPS) is 11.9. The summed E-state index contributed by atoms with van der Waals surface area (Å²) in [5.41, 5.74) is 6.23. The fourth-order valence-corrected chi connectivity index (χ4v) is 1.79. The van der Waals surface area contributed by atoms with E-state index in [9.17, 15) is 9.18 Å². The first-order valence-electron chi connectivity index (χ1n) is 6.25. The van der Waals surface area contributed by atoms with Crippen LogP contribution in [-0.4, -0.2) is 36.6 Å². The van der Waals surface area contributed by atoms with Crippen LogP contribution in [0.15, 0.2) is 24.3 Å². The quantitative estimate of drug-likeness (QED) is 0.874. The average molecular weight is 305 g/mol. The molecular weight excluding hydrogens is 283 g/mol. The fraction of sp³-hybridized carbons (Fsp3) is 0.500. The summed E-state index contributed by atoms with van der Waals surface area (Å²) < 4.78 is 18.5. The SMILES string of the molecule is COCC(N)C(=O)N(Cc1ccccc1F)C(C)C.Cl. The van der Waals surface area contributed by atoms with Gasteiger partial charge in [-0.15, -0.1) is 12.4 Å². The molecule has 1 aromatic carbocycles. The summed E-state index contributed by atoms with van der Waals surface area (Å²) in [6, 6.07) is 5.63. The number of nitrogens with two attached hydrogens (primary N) is 1. The number of nitrogens with zero attached hydrogens (tertiary/aromatic N) is 1. The molecule has 0 fully saturated rings. The lowest BCUT2D eigenvalue weighted by Crippen LogP contribution is -2.48. The van der Waals surface area contributed by atoms with Crippen LogP contribution in [0.3, 0.4) is 0 Å². The van der Waals surface area contributed by atoms with E-state index in [0.717, 1.165) is 0 Å². The van der Waals surface area contributed by atoms with Gasteiger partial charge in [0.2, 0.25) is 5.91 Å². The molecule has 0 aromatic heterocycles. The molecule has 1 rings (SSSR count). The molecule has 0 heterocycles.